The highest BCUT2D eigenvalue weighted by Gasteiger charge is 2.01. The first-order valence-electron chi connectivity index (χ1n) is 3.60. The Bertz CT molecular complexity index is 220. The molecule has 1 unspecified atom stereocenters. The highest BCUT2D eigenvalue weighted by atomic mass is 35.5. The van der Waals surface area contributed by atoms with Gasteiger partial charge < -0.3 is 5.11 Å². The quantitative estimate of drug-likeness (QED) is 0.598. The molecule has 0 aromatic carbocycles. The molecule has 0 saturated carbocycles. The van der Waals surface area contributed by atoms with Gasteiger partial charge in [0.1, 0.15) is 0 Å². The average Bonchev–Trinajstić information content (AvgIpc) is 2.16. The van der Waals surface area contributed by atoms with Gasteiger partial charge in [0.2, 0.25) is 0 Å². The molecule has 0 aliphatic rings. The number of pyridine rings is 1. The van der Waals surface area contributed by atoms with Crippen LogP contribution in [-0.2, 0) is 0 Å². The summed E-state index contributed by atoms with van der Waals surface area (Å²) >= 11 is 7.02. The van der Waals surface area contributed by atoms with Crippen LogP contribution < -0.4 is 0 Å². The van der Waals surface area contributed by atoms with Crippen molar-refractivity contribution < 1.29 is 5.11 Å². The maximum absolute atomic E-state index is 9.15. The van der Waals surface area contributed by atoms with Gasteiger partial charge in [-0.15, -0.1) is 23.4 Å². The van der Waals surface area contributed by atoms with E-state index in [2.05, 4.69) is 4.98 Å². The zero-order chi connectivity index (χ0) is 8.81. The predicted octanol–water partition coefficient (Wildman–Crippen LogP) is 1.77. The molecule has 1 atom stereocenters. The Labute approximate surface area is 81.0 Å². The van der Waals surface area contributed by atoms with Crippen LogP contribution in [0.4, 0.5) is 0 Å². The third-order valence-electron chi connectivity index (χ3n) is 1.27. The number of aliphatic hydroxyl groups is 1. The van der Waals surface area contributed by atoms with E-state index in [4.69, 9.17) is 16.7 Å². The summed E-state index contributed by atoms with van der Waals surface area (Å²) in [6, 6.07) is 3.82. The molecule has 0 aliphatic carbocycles. The van der Waals surface area contributed by atoms with E-state index in [1.165, 1.54) is 0 Å². The number of nitrogens with zero attached hydrogens (tertiary/aromatic N) is 1. The van der Waals surface area contributed by atoms with Crippen LogP contribution in [0.3, 0.4) is 0 Å². The average molecular weight is 204 g/mol. The Hall–Kier alpha value is -0.250. The Morgan fingerprint density at radius 1 is 1.50 bits per heavy atom. The summed E-state index contributed by atoms with van der Waals surface area (Å²) in [5, 5.41) is 9.15. The minimum atomic E-state index is -0.426. The summed E-state index contributed by atoms with van der Waals surface area (Å²) in [7, 11) is 0. The van der Waals surface area contributed by atoms with Gasteiger partial charge >= 0.3 is 0 Å². The van der Waals surface area contributed by atoms with E-state index in [0.717, 1.165) is 4.90 Å². The number of hydrogen-bond donors (Lipinski definition) is 1. The van der Waals surface area contributed by atoms with Gasteiger partial charge in [0.05, 0.1) is 6.10 Å². The summed E-state index contributed by atoms with van der Waals surface area (Å²) in [4.78, 5) is 5.00. The summed E-state index contributed by atoms with van der Waals surface area (Å²) in [6.07, 6.45) is 3.04. The third kappa shape index (κ3) is 3.43. The van der Waals surface area contributed by atoms with E-state index in [-0.39, 0.29) is 5.88 Å². The van der Waals surface area contributed by atoms with Crippen molar-refractivity contribution in [2.24, 2.45) is 0 Å². The molecule has 0 bridgehead atoms. The van der Waals surface area contributed by atoms with Crippen molar-refractivity contribution in [2.45, 2.75) is 11.0 Å². The van der Waals surface area contributed by atoms with Gasteiger partial charge in [0.25, 0.3) is 0 Å². The van der Waals surface area contributed by atoms with Gasteiger partial charge in [-0.1, -0.05) is 0 Å². The zero-order valence-corrected chi connectivity index (χ0v) is 8.05. The molecule has 1 rings (SSSR count). The third-order valence-corrected chi connectivity index (χ3v) is 2.78. The number of hydrogen-bond acceptors (Lipinski definition) is 3. The van der Waals surface area contributed by atoms with E-state index in [1.807, 2.05) is 12.1 Å². The maximum Gasteiger partial charge on any atom is 0.0769 e. The second-order valence-electron chi connectivity index (χ2n) is 2.30. The molecule has 1 aromatic rings. The number of aromatic nitrogens is 1. The molecule has 12 heavy (non-hydrogen) atoms. The van der Waals surface area contributed by atoms with E-state index >= 15 is 0 Å². The molecule has 2 nitrogen and oxygen atoms in total. The highest BCUT2D eigenvalue weighted by Crippen LogP contribution is 2.17. The van der Waals surface area contributed by atoms with Gasteiger partial charge in [0, 0.05) is 28.9 Å². The summed E-state index contributed by atoms with van der Waals surface area (Å²) in [5.41, 5.74) is 0. The number of rotatable bonds is 4. The first kappa shape index (κ1) is 9.84. The van der Waals surface area contributed by atoms with Crippen molar-refractivity contribution in [3.63, 3.8) is 0 Å². The van der Waals surface area contributed by atoms with Crippen molar-refractivity contribution >= 4 is 23.4 Å². The maximum atomic E-state index is 9.15. The molecular formula is C8H10ClNOS. The monoisotopic (exact) mass is 203 g/mol. The summed E-state index contributed by atoms with van der Waals surface area (Å²) in [5.74, 6) is 0.922. The van der Waals surface area contributed by atoms with Crippen molar-refractivity contribution in [3.05, 3.63) is 24.5 Å². The fourth-order valence-corrected chi connectivity index (χ4v) is 1.73. The lowest BCUT2D eigenvalue weighted by Crippen LogP contribution is -2.10. The molecule has 0 spiro atoms. The van der Waals surface area contributed by atoms with E-state index in [1.54, 1.807) is 24.2 Å². The Morgan fingerprint density at radius 2 is 2.17 bits per heavy atom. The first-order valence-corrected chi connectivity index (χ1v) is 5.12. The molecule has 0 radical (unpaired) electrons. The lowest BCUT2D eigenvalue weighted by molar-refractivity contribution is 0.223. The number of thioether (sulfide) groups is 1. The fraction of sp³-hybridized carbons (Fsp3) is 0.375. The second kappa shape index (κ2) is 5.41. The zero-order valence-electron chi connectivity index (χ0n) is 6.48. The lowest BCUT2D eigenvalue weighted by atomic mass is 10.5. The van der Waals surface area contributed by atoms with Crippen molar-refractivity contribution in [3.8, 4) is 0 Å². The van der Waals surface area contributed by atoms with Gasteiger partial charge in [-0.05, 0) is 12.1 Å². The van der Waals surface area contributed by atoms with E-state index in [9.17, 15) is 0 Å². The normalized spacial score (nSPS) is 12.8. The molecule has 1 heterocycles. The SMILES string of the molecule is OC(CCl)CSc1ccncc1. The summed E-state index contributed by atoms with van der Waals surface area (Å²) < 4.78 is 0. The van der Waals surface area contributed by atoms with Crippen molar-refractivity contribution in [1.29, 1.82) is 0 Å². The fourth-order valence-electron chi connectivity index (χ4n) is 0.671. The van der Waals surface area contributed by atoms with Crippen LogP contribution in [0.25, 0.3) is 0 Å². The molecule has 0 fully saturated rings. The molecule has 0 saturated heterocycles. The van der Waals surface area contributed by atoms with Gasteiger partial charge in [-0.3, -0.25) is 4.98 Å². The summed E-state index contributed by atoms with van der Waals surface area (Å²) in [6.45, 7) is 0. The van der Waals surface area contributed by atoms with Crippen molar-refractivity contribution in [1.82, 2.24) is 4.98 Å². The first-order chi connectivity index (χ1) is 5.83. The lowest BCUT2D eigenvalue weighted by Gasteiger charge is -2.04. The van der Waals surface area contributed by atoms with Crippen molar-refractivity contribution in [2.75, 3.05) is 11.6 Å². The Kier molecular flexibility index (Phi) is 4.43. The Morgan fingerprint density at radius 3 is 2.75 bits per heavy atom. The molecular weight excluding hydrogens is 194 g/mol. The largest absolute Gasteiger partial charge is 0.391 e. The molecule has 1 aromatic heterocycles. The van der Waals surface area contributed by atoms with Gasteiger partial charge in [0.15, 0.2) is 0 Å². The van der Waals surface area contributed by atoms with Crippen LogP contribution in [0.1, 0.15) is 0 Å². The van der Waals surface area contributed by atoms with Crippen LogP contribution in [0.5, 0.6) is 0 Å². The molecule has 0 aliphatic heterocycles. The topological polar surface area (TPSA) is 33.1 Å². The molecule has 1 N–H and O–H groups in total. The van der Waals surface area contributed by atoms with Gasteiger partial charge in [-0.2, -0.15) is 0 Å². The number of aliphatic hydroxyl groups excluding tert-OH is 1. The predicted molar refractivity (Wildman–Crippen MR) is 51.7 cm³/mol. The number of alkyl halides is 1. The number of halogens is 1. The Balaban J connectivity index is 2.33. The van der Waals surface area contributed by atoms with Crippen LogP contribution in [-0.4, -0.2) is 27.8 Å². The molecule has 0 amide bonds. The van der Waals surface area contributed by atoms with Gasteiger partial charge in [-0.25, -0.2) is 0 Å². The second-order valence-corrected chi connectivity index (χ2v) is 3.70. The standard InChI is InChI=1S/C8H10ClNOS/c9-5-7(11)6-12-8-1-3-10-4-2-8/h1-4,7,11H,5-6H2. The molecule has 4 heteroatoms. The van der Waals surface area contributed by atoms with Crippen LogP contribution in [0.2, 0.25) is 0 Å². The van der Waals surface area contributed by atoms with E-state index < -0.39 is 6.10 Å². The van der Waals surface area contributed by atoms with Crippen LogP contribution in [0.15, 0.2) is 29.4 Å². The molecule has 66 valence electrons. The van der Waals surface area contributed by atoms with E-state index in [0.29, 0.717) is 5.75 Å². The minimum Gasteiger partial charge on any atom is -0.391 e. The highest BCUT2D eigenvalue weighted by molar-refractivity contribution is 7.99. The van der Waals surface area contributed by atoms with Crippen LogP contribution >= 0.6 is 23.4 Å². The van der Waals surface area contributed by atoms with Crippen LogP contribution in [0, 0.1) is 0 Å². The minimum absolute atomic E-state index is 0.290. The smallest absolute Gasteiger partial charge is 0.0769 e.